The Kier molecular flexibility index (Phi) is 4.53. The lowest BCUT2D eigenvalue weighted by Gasteiger charge is -2.19. The van der Waals surface area contributed by atoms with Crippen LogP contribution < -0.4 is 10.2 Å². The molecule has 0 saturated heterocycles. The Morgan fingerprint density at radius 2 is 1.36 bits per heavy atom. The fourth-order valence-corrected chi connectivity index (χ4v) is 3.38. The van der Waals surface area contributed by atoms with Gasteiger partial charge in [-0.05, 0) is 48.7 Å². The number of nitrogens with one attached hydrogen (secondary N) is 1. The van der Waals surface area contributed by atoms with Crippen molar-refractivity contribution in [2.75, 3.05) is 10.2 Å². The summed E-state index contributed by atoms with van der Waals surface area (Å²) < 4.78 is 0. The van der Waals surface area contributed by atoms with Gasteiger partial charge in [-0.3, -0.25) is 9.59 Å². The molecular formula is C24H20N2O2. The summed E-state index contributed by atoms with van der Waals surface area (Å²) in [5, 5.41) is 3.17. The first kappa shape index (κ1) is 17.7. The molecule has 1 aliphatic rings. The number of hydrogen-bond acceptors (Lipinski definition) is 3. The molecule has 4 heteroatoms. The van der Waals surface area contributed by atoms with E-state index in [1.807, 2.05) is 92.7 Å². The first-order valence-corrected chi connectivity index (χ1v) is 9.14. The van der Waals surface area contributed by atoms with Crippen molar-refractivity contribution in [2.24, 2.45) is 0 Å². The lowest BCUT2D eigenvalue weighted by Crippen LogP contribution is -2.33. The van der Waals surface area contributed by atoms with Crippen LogP contribution in [0.4, 0.5) is 11.4 Å². The molecule has 1 N–H and O–H groups in total. The minimum atomic E-state index is -0.346. The van der Waals surface area contributed by atoms with Crippen LogP contribution in [0.15, 0.2) is 84.6 Å². The van der Waals surface area contributed by atoms with Crippen LogP contribution in [0.5, 0.6) is 0 Å². The number of para-hydroxylation sites is 1. The van der Waals surface area contributed by atoms with Crippen molar-refractivity contribution >= 4 is 28.8 Å². The van der Waals surface area contributed by atoms with Gasteiger partial charge in [0.1, 0.15) is 5.70 Å². The Bertz CT molecular complexity index is 1090. The highest BCUT2D eigenvalue weighted by Crippen LogP contribution is 2.35. The molecule has 3 aromatic rings. The van der Waals surface area contributed by atoms with Gasteiger partial charge in [-0.25, -0.2) is 4.90 Å². The Morgan fingerprint density at radius 3 is 2.04 bits per heavy atom. The number of rotatable bonds is 4. The van der Waals surface area contributed by atoms with Crippen LogP contribution in [0.1, 0.15) is 16.7 Å². The summed E-state index contributed by atoms with van der Waals surface area (Å²) in [5.74, 6) is -0.662. The average Bonchev–Trinajstić information content (AvgIpc) is 2.95. The fourth-order valence-electron chi connectivity index (χ4n) is 3.38. The summed E-state index contributed by atoms with van der Waals surface area (Å²) in [4.78, 5) is 28.0. The molecule has 4 nitrogen and oxygen atoms in total. The Balaban J connectivity index is 1.85. The van der Waals surface area contributed by atoms with Gasteiger partial charge in [-0.2, -0.15) is 0 Å². The SMILES string of the molecule is Cc1cccc(N2C(=O)C(Nc3ccccc3)=C(c3ccccc3)C2=O)c1C. The maximum atomic E-state index is 13.4. The van der Waals surface area contributed by atoms with Crippen molar-refractivity contribution in [3.8, 4) is 0 Å². The van der Waals surface area contributed by atoms with E-state index >= 15 is 0 Å². The largest absolute Gasteiger partial charge is 0.350 e. The normalized spacial score (nSPS) is 14.0. The second-order valence-electron chi connectivity index (χ2n) is 6.77. The van der Waals surface area contributed by atoms with E-state index in [0.29, 0.717) is 22.5 Å². The van der Waals surface area contributed by atoms with Crippen molar-refractivity contribution in [1.82, 2.24) is 0 Å². The third-order valence-electron chi connectivity index (χ3n) is 5.01. The smallest absolute Gasteiger partial charge is 0.282 e. The van der Waals surface area contributed by atoms with Crippen LogP contribution in [0.25, 0.3) is 5.57 Å². The summed E-state index contributed by atoms with van der Waals surface area (Å²) in [7, 11) is 0. The lowest BCUT2D eigenvalue weighted by atomic mass is 10.0. The van der Waals surface area contributed by atoms with Gasteiger partial charge in [0.05, 0.1) is 11.3 Å². The average molecular weight is 368 g/mol. The number of hydrogen-bond donors (Lipinski definition) is 1. The number of carbonyl (C=O) groups excluding carboxylic acids is 2. The maximum absolute atomic E-state index is 13.4. The molecule has 0 radical (unpaired) electrons. The number of benzene rings is 3. The highest BCUT2D eigenvalue weighted by molar-refractivity contribution is 6.46. The van der Waals surface area contributed by atoms with Gasteiger partial charge in [-0.15, -0.1) is 0 Å². The molecule has 0 aromatic heterocycles. The van der Waals surface area contributed by atoms with Crippen molar-refractivity contribution in [1.29, 1.82) is 0 Å². The molecule has 2 amide bonds. The summed E-state index contributed by atoms with van der Waals surface area (Å²) in [5.41, 5.74) is 4.72. The summed E-state index contributed by atoms with van der Waals surface area (Å²) >= 11 is 0. The molecule has 28 heavy (non-hydrogen) atoms. The number of anilines is 2. The lowest BCUT2D eigenvalue weighted by molar-refractivity contribution is -0.120. The first-order chi connectivity index (χ1) is 13.6. The molecule has 3 aromatic carbocycles. The van der Waals surface area contributed by atoms with E-state index in [1.54, 1.807) is 0 Å². The minimum absolute atomic E-state index is 0.295. The Morgan fingerprint density at radius 1 is 0.714 bits per heavy atom. The molecule has 0 unspecified atom stereocenters. The van der Waals surface area contributed by atoms with Crippen LogP contribution in [-0.4, -0.2) is 11.8 Å². The molecule has 4 rings (SSSR count). The number of imide groups is 1. The van der Waals surface area contributed by atoms with Crippen molar-refractivity contribution in [3.63, 3.8) is 0 Å². The second kappa shape index (κ2) is 7.16. The summed E-state index contributed by atoms with van der Waals surface area (Å²) in [6.45, 7) is 3.90. The zero-order valence-electron chi connectivity index (χ0n) is 15.8. The summed E-state index contributed by atoms with van der Waals surface area (Å²) in [6, 6.07) is 24.4. The number of aryl methyl sites for hydroxylation is 1. The molecule has 0 atom stereocenters. The van der Waals surface area contributed by atoms with Crippen LogP contribution >= 0.6 is 0 Å². The first-order valence-electron chi connectivity index (χ1n) is 9.14. The monoisotopic (exact) mass is 368 g/mol. The molecule has 0 bridgehead atoms. The molecule has 1 aliphatic heterocycles. The Labute approximate surface area is 164 Å². The molecule has 138 valence electrons. The van der Waals surface area contributed by atoms with Crippen molar-refractivity contribution in [3.05, 3.63) is 101 Å². The van der Waals surface area contributed by atoms with Crippen LogP contribution in [0.2, 0.25) is 0 Å². The van der Waals surface area contributed by atoms with Gasteiger partial charge in [0, 0.05) is 5.69 Å². The van der Waals surface area contributed by atoms with E-state index in [2.05, 4.69) is 5.32 Å². The molecule has 1 heterocycles. The number of nitrogens with zero attached hydrogens (tertiary/aromatic N) is 1. The van der Waals surface area contributed by atoms with Gasteiger partial charge in [0.15, 0.2) is 0 Å². The fraction of sp³-hybridized carbons (Fsp3) is 0.0833. The van der Waals surface area contributed by atoms with Crippen LogP contribution in [0.3, 0.4) is 0 Å². The van der Waals surface area contributed by atoms with Crippen molar-refractivity contribution in [2.45, 2.75) is 13.8 Å². The topological polar surface area (TPSA) is 49.4 Å². The van der Waals surface area contributed by atoms with E-state index in [4.69, 9.17) is 0 Å². The number of carbonyl (C=O) groups is 2. The van der Waals surface area contributed by atoms with Gasteiger partial charge in [-0.1, -0.05) is 60.7 Å². The molecule has 0 aliphatic carbocycles. The van der Waals surface area contributed by atoms with Gasteiger partial charge in [0.25, 0.3) is 11.8 Å². The standard InChI is InChI=1S/C24H20N2O2/c1-16-10-9-15-20(17(16)2)26-23(27)21(18-11-5-3-6-12-18)22(24(26)28)25-19-13-7-4-8-14-19/h3-15,25H,1-2H3. The van der Waals surface area contributed by atoms with Gasteiger partial charge < -0.3 is 5.32 Å². The van der Waals surface area contributed by atoms with Crippen molar-refractivity contribution < 1.29 is 9.59 Å². The van der Waals surface area contributed by atoms with Gasteiger partial charge in [0.2, 0.25) is 0 Å². The maximum Gasteiger partial charge on any atom is 0.282 e. The third-order valence-corrected chi connectivity index (χ3v) is 5.01. The predicted octanol–water partition coefficient (Wildman–Crippen LogP) is 4.70. The zero-order chi connectivity index (χ0) is 19.7. The number of amides is 2. The highest BCUT2D eigenvalue weighted by atomic mass is 16.2. The minimum Gasteiger partial charge on any atom is -0.350 e. The van der Waals surface area contributed by atoms with Crippen LogP contribution in [0, 0.1) is 13.8 Å². The molecule has 0 fully saturated rings. The van der Waals surface area contributed by atoms with E-state index in [0.717, 1.165) is 16.8 Å². The van der Waals surface area contributed by atoms with Crippen LogP contribution in [-0.2, 0) is 9.59 Å². The molecular weight excluding hydrogens is 348 g/mol. The summed E-state index contributed by atoms with van der Waals surface area (Å²) in [6.07, 6.45) is 0. The predicted molar refractivity (Wildman–Crippen MR) is 112 cm³/mol. The quantitative estimate of drug-likeness (QED) is 0.679. The third kappa shape index (κ3) is 2.99. The molecule has 0 saturated carbocycles. The highest BCUT2D eigenvalue weighted by Gasteiger charge is 2.40. The van der Waals surface area contributed by atoms with Gasteiger partial charge >= 0.3 is 0 Å². The van der Waals surface area contributed by atoms with E-state index in [1.165, 1.54) is 4.90 Å². The second-order valence-corrected chi connectivity index (χ2v) is 6.77. The zero-order valence-corrected chi connectivity index (χ0v) is 15.8. The van der Waals surface area contributed by atoms with E-state index in [-0.39, 0.29) is 11.8 Å². The Hall–Kier alpha value is -3.66. The van der Waals surface area contributed by atoms with E-state index in [9.17, 15) is 9.59 Å². The molecule has 0 spiro atoms. The van der Waals surface area contributed by atoms with E-state index < -0.39 is 0 Å².